The molecule has 0 aromatic carbocycles. The minimum atomic E-state index is -0.0296. The van der Waals surface area contributed by atoms with Gasteiger partial charge in [0.15, 0.2) is 0 Å². The van der Waals surface area contributed by atoms with Crippen LogP contribution in [0.15, 0.2) is 0 Å². The SMILES string of the molecule is NCC1(CC(=O)OCCC2CC2)CCCCC1. The predicted molar refractivity (Wildman–Crippen MR) is 67.5 cm³/mol. The highest BCUT2D eigenvalue weighted by Gasteiger charge is 2.33. The minimum absolute atomic E-state index is 0.0296. The monoisotopic (exact) mass is 239 g/mol. The maximum atomic E-state index is 11.8. The lowest BCUT2D eigenvalue weighted by Gasteiger charge is -2.35. The van der Waals surface area contributed by atoms with E-state index in [2.05, 4.69) is 0 Å². The third-order valence-corrected chi connectivity index (χ3v) is 4.35. The number of hydrogen-bond acceptors (Lipinski definition) is 3. The van der Waals surface area contributed by atoms with Crippen LogP contribution in [0.4, 0.5) is 0 Å². The summed E-state index contributed by atoms with van der Waals surface area (Å²) in [4.78, 5) is 11.8. The van der Waals surface area contributed by atoms with Crippen LogP contribution >= 0.6 is 0 Å². The van der Waals surface area contributed by atoms with Crippen molar-refractivity contribution in [3.63, 3.8) is 0 Å². The lowest BCUT2D eigenvalue weighted by Crippen LogP contribution is -2.35. The molecule has 0 atom stereocenters. The zero-order chi connectivity index (χ0) is 12.1. The minimum Gasteiger partial charge on any atom is -0.466 e. The first-order chi connectivity index (χ1) is 8.24. The first kappa shape index (κ1) is 12.9. The maximum Gasteiger partial charge on any atom is 0.306 e. The van der Waals surface area contributed by atoms with Gasteiger partial charge in [0.25, 0.3) is 0 Å². The summed E-state index contributed by atoms with van der Waals surface area (Å²) in [6.45, 7) is 1.24. The Bertz CT molecular complexity index is 255. The van der Waals surface area contributed by atoms with Crippen molar-refractivity contribution in [1.29, 1.82) is 0 Å². The summed E-state index contributed by atoms with van der Waals surface area (Å²) in [6.07, 6.45) is 10.2. The Morgan fingerprint density at radius 2 is 1.94 bits per heavy atom. The summed E-state index contributed by atoms with van der Waals surface area (Å²) >= 11 is 0. The van der Waals surface area contributed by atoms with Gasteiger partial charge in [-0.2, -0.15) is 0 Å². The molecule has 2 N–H and O–H groups in total. The molecule has 0 aliphatic heterocycles. The number of esters is 1. The summed E-state index contributed by atoms with van der Waals surface area (Å²) in [6, 6.07) is 0. The first-order valence-electron chi connectivity index (χ1n) is 7.10. The fraction of sp³-hybridized carbons (Fsp3) is 0.929. The van der Waals surface area contributed by atoms with Gasteiger partial charge < -0.3 is 10.5 Å². The van der Waals surface area contributed by atoms with E-state index in [1.54, 1.807) is 0 Å². The lowest BCUT2D eigenvalue weighted by molar-refractivity contribution is -0.147. The Kier molecular flexibility index (Phi) is 4.43. The van der Waals surface area contributed by atoms with Gasteiger partial charge in [-0.25, -0.2) is 0 Å². The van der Waals surface area contributed by atoms with Crippen molar-refractivity contribution in [2.24, 2.45) is 17.1 Å². The van der Waals surface area contributed by atoms with Gasteiger partial charge in [0, 0.05) is 0 Å². The van der Waals surface area contributed by atoms with E-state index >= 15 is 0 Å². The molecular weight excluding hydrogens is 214 g/mol. The smallest absolute Gasteiger partial charge is 0.306 e. The largest absolute Gasteiger partial charge is 0.466 e. The Morgan fingerprint density at radius 1 is 1.24 bits per heavy atom. The van der Waals surface area contributed by atoms with Gasteiger partial charge in [-0.3, -0.25) is 4.79 Å². The second kappa shape index (κ2) is 5.85. The number of rotatable bonds is 6. The normalized spacial score (nSPS) is 23.4. The van der Waals surface area contributed by atoms with Crippen LogP contribution in [-0.2, 0) is 9.53 Å². The van der Waals surface area contributed by atoms with E-state index in [9.17, 15) is 4.79 Å². The van der Waals surface area contributed by atoms with E-state index in [1.165, 1.54) is 32.1 Å². The van der Waals surface area contributed by atoms with Crippen LogP contribution in [0.25, 0.3) is 0 Å². The first-order valence-corrected chi connectivity index (χ1v) is 7.10. The molecule has 2 aliphatic rings. The molecule has 0 heterocycles. The molecular formula is C14H25NO2. The summed E-state index contributed by atoms with van der Waals surface area (Å²) in [5.74, 6) is 0.805. The fourth-order valence-corrected chi connectivity index (χ4v) is 2.86. The Morgan fingerprint density at radius 3 is 2.53 bits per heavy atom. The van der Waals surface area contributed by atoms with Crippen molar-refractivity contribution in [3.8, 4) is 0 Å². The second-order valence-corrected chi connectivity index (χ2v) is 5.89. The van der Waals surface area contributed by atoms with Gasteiger partial charge in [0.1, 0.15) is 0 Å². The number of carbonyl (C=O) groups is 1. The van der Waals surface area contributed by atoms with Crippen LogP contribution in [-0.4, -0.2) is 19.1 Å². The highest BCUT2D eigenvalue weighted by molar-refractivity contribution is 5.70. The van der Waals surface area contributed by atoms with Gasteiger partial charge in [-0.1, -0.05) is 32.1 Å². The van der Waals surface area contributed by atoms with Crippen LogP contribution in [0.3, 0.4) is 0 Å². The molecule has 0 bridgehead atoms. The number of ether oxygens (including phenoxy) is 1. The van der Waals surface area contributed by atoms with Crippen LogP contribution in [0.5, 0.6) is 0 Å². The number of hydrogen-bond donors (Lipinski definition) is 1. The molecule has 3 nitrogen and oxygen atoms in total. The van der Waals surface area contributed by atoms with Gasteiger partial charge in [-0.05, 0) is 37.1 Å². The van der Waals surface area contributed by atoms with Crippen LogP contribution in [0, 0.1) is 11.3 Å². The van der Waals surface area contributed by atoms with Gasteiger partial charge in [0.2, 0.25) is 0 Å². The zero-order valence-corrected chi connectivity index (χ0v) is 10.7. The highest BCUT2D eigenvalue weighted by atomic mass is 16.5. The van der Waals surface area contributed by atoms with Crippen molar-refractivity contribution >= 4 is 5.97 Å². The summed E-state index contributed by atoms with van der Waals surface area (Å²) in [5.41, 5.74) is 5.92. The molecule has 0 spiro atoms. The molecule has 2 fully saturated rings. The van der Waals surface area contributed by atoms with Crippen molar-refractivity contribution in [3.05, 3.63) is 0 Å². The van der Waals surface area contributed by atoms with Crippen molar-refractivity contribution in [2.75, 3.05) is 13.2 Å². The van der Waals surface area contributed by atoms with Crippen molar-refractivity contribution in [2.45, 2.75) is 57.8 Å². The molecule has 0 aromatic heterocycles. The molecule has 0 aromatic rings. The molecule has 0 radical (unpaired) electrons. The van der Waals surface area contributed by atoms with Gasteiger partial charge in [-0.15, -0.1) is 0 Å². The van der Waals surface area contributed by atoms with Crippen LogP contribution in [0.1, 0.15) is 57.8 Å². The van der Waals surface area contributed by atoms with Crippen LogP contribution < -0.4 is 5.73 Å². The number of nitrogens with two attached hydrogens (primary N) is 1. The molecule has 0 saturated heterocycles. The quantitative estimate of drug-likeness (QED) is 0.725. The molecule has 0 unspecified atom stereocenters. The molecule has 17 heavy (non-hydrogen) atoms. The predicted octanol–water partition coefficient (Wildman–Crippen LogP) is 2.63. The molecule has 2 saturated carbocycles. The van der Waals surface area contributed by atoms with E-state index in [-0.39, 0.29) is 11.4 Å². The molecule has 3 heteroatoms. The molecule has 2 aliphatic carbocycles. The summed E-state index contributed by atoms with van der Waals surface area (Å²) in [7, 11) is 0. The van der Waals surface area contributed by atoms with Crippen LogP contribution in [0.2, 0.25) is 0 Å². The number of carbonyl (C=O) groups excluding carboxylic acids is 1. The average Bonchev–Trinajstić information content (AvgIpc) is 3.14. The summed E-state index contributed by atoms with van der Waals surface area (Å²) in [5, 5.41) is 0. The van der Waals surface area contributed by atoms with E-state index in [0.29, 0.717) is 19.6 Å². The summed E-state index contributed by atoms with van der Waals surface area (Å²) < 4.78 is 5.33. The van der Waals surface area contributed by atoms with E-state index in [1.807, 2.05) is 0 Å². The van der Waals surface area contributed by atoms with Crippen molar-refractivity contribution in [1.82, 2.24) is 0 Å². The lowest BCUT2D eigenvalue weighted by atomic mass is 9.72. The van der Waals surface area contributed by atoms with E-state index in [0.717, 1.165) is 25.2 Å². The van der Waals surface area contributed by atoms with E-state index in [4.69, 9.17) is 10.5 Å². The third kappa shape index (κ3) is 3.98. The van der Waals surface area contributed by atoms with Crippen molar-refractivity contribution < 1.29 is 9.53 Å². The highest BCUT2D eigenvalue weighted by Crippen LogP contribution is 2.38. The Hall–Kier alpha value is -0.570. The topological polar surface area (TPSA) is 52.3 Å². The Labute approximate surface area is 104 Å². The van der Waals surface area contributed by atoms with E-state index < -0.39 is 0 Å². The Balaban J connectivity index is 1.70. The third-order valence-electron chi connectivity index (χ3n) is 4.35. The molecule has 2 rings (SSSR count). The van der Waals surface area contributed by atoms with Gasteiger partial charge in [0.05, 0.1) is 13.0 Å². The standard InChI is InChI=1S/C14H25NO2/c15-11-14(7-2-1-3-8-14)10-13(16)17-9-6-12-4-5-12/h12H,1-11,15H2. The molecule has 0 amide bonds. The zero-order valence-electron chi connectivity index (χ0n) is 10.7. The second-order valence-electron chi connectivity index (χ2n) is 5.89. The average molecular weight is 239 g/mol. The van der Waals surface area contributed by atoms with Gasteiger partial charge >= 0.3 is 5.97 Å². The molecule has 98 valence electrons. The fourth-order valence-electron chi connectivity index (χ4n) is 2.86. The maximum absolute atomic E-state index is 11.8.